The van der Waals surface area contributed by atoms with Crippen LogP contribution in [0.3, 0.4) is 0 Å². The van der Waals surface area contributed by atoms with Gasteiger partial charge in [-0.1, -0.05) is 75.4 Å². The molecular weight excluding hydrogens is 544 g/mol. The molecule has 0 radical (unpaired) electrons. The SMILES string of the molecule is CCNC(=O)N1C(C(=O)NCc2ccc(OC)cc2)C2C(=O)N(c3ccccc3)C(=O)C2C1c1ccc(C(C)(C)C)cc1. The molecule has 224 valence electrons. The molecule has 0 aliphatic carbocycles. The summed E-state index contributed by atoms with van der Waals surface area (Å²) in [6.45, 7) is 8.60. The number of nitrogens with zero attached hydrogens (tertiary/aromatic N) is 2. The van der Waals surface area contributed by atoms with Gasteiger partial charge in [0, 0.05) is 13.1 Å². The first-order valence-electron chi connectivity index (χ1n) is 14.6. The first kappa shape index (κ1) is 29.8. The number of benzene rings is 3. The predicted octanol–water partition coefficient (Wildman–Crippen LogP) is 4.57. The van der Waals surface area contributed by atoms with Gasteiger partial charge in [0.1, 0.15) is 11.8 Å². The van der Waals surface area contributed by atoms with Gasteiger partial charge in [0.2, 0.25) is 17.7 Å². The van der Waals surface area contributed by atoms with Crippen LogP contribution in [0.5, 0.6) is 5.75 Å². The number of amides is 5. The van der Waals surface area contributed by atoms with Crippen LogP contribution in [0, 0.1) is 11.8 Å². The van der Waals surface area contributed by atoms with Crippen LogP contribution in [0.4, 0.5) is 10.5 Å². The van der Waals surface area contributed by atoms with Crippen LogP contribution in [-0.2, 0) is 26.3 Å². The third-order valence-corrected chi connectivity index (χ3v) is 8.27. The number of carbonyl (C=O) groups is 4. The zero-order chi connectivity index (χ0) is 30.9. The number of likely N-dealkylation sites (tertiary alicyclic amines) is 1. The van der Waals surface area contributed by atoms with Crippen molar-refractivity contribution in [2.75, 3.05) is 18.6 Å². The molecule has 2 saturated heterocycles. The number of para-hydroxylation sites is 1. The first-order chi connectivity index (χ1) is 20.6. The highest BCUT2D eigenvalue weighted by Crippen LogP contribution is 2.51. The van der Waals surface area contributed by atoms with Crippen LogP contribution in [0.1, 0.15) is 50.4 Å². The summed E-state index contributed by atoms with van der Waals surface area (Å²) in [5.74, 6) is -2.72. The van der Waals surface area contributed by atoms with E-state index in [0.29, 0.717) is 23.5 Å². The third-order valence-electron chi connectivity index (χ3n) is 8.27. The number of fused-ring (bicyclic) bond motifs is 1. The smallest absolute Gasteiger partial charge is 0.318 e. The molecule has 5 rings (SSSR count). The van der Waals surface area contributed by atoms with Crippen LogP contribution in [0.2, 0.25) is 0 Å². The summed E-state index contributed by atoms with van der Waals surface area (Å²) in [6.07, 6.45) is 0. The normalized spacial score (nSPS) is 21.5. The molecule has 2 aliphatic rings. The van der Waals surface area contributed by atoms with Gasteiger partial charge in [-0.15, -0.1) is 0 Å². The maximum absolute atomic E-state index is 14.1. The van der Waals surface area contributed by atoms with Gasteiger partial charge < -0.3 is 20.3 Å². The number of hydrogen-bond donors (Lipinski definition) is 2. The Hall–Kier alpha value is -4.66. The Labute approximate surface area is 252 Å². The summed E-state index contributed by atoms with van der Waals surface area (Å²) < 4.78 is 5.22. The van der Waals surface area contributed by atoms with Crippen LogP contribution in [0.25, 0.3) is 0 Å². The number of rotatable bonds is 7. The van der Waals surface area contributed by atoms with Crippen molar-refractivity contribution in [1.82, 2.24) is 15.5 Å². The van der Waals surface area contributed by atoms with E-state index < -0.39 is 47.7 Å². The number of imide groups is 1. The van der Waals surface area contributed by atoms with E-state index in [0.717, 1.165) is 11.1 Å². The van der Waals surface area contributed by atoms with Gasteiger partial charge in [-0.05, 0) is 53.3 Å². The van der Waals surface area contributed by atoms with Gasteiger partial charge in [0.15, 0.2) is 0 Å². The first-order valence-corrected chi connectivity index (χ1v) is 14.6. The summed E-state index contributed by atoms with van der Waals surface area (Å²) in [5, 5.41) is 5.74. The highest BCUT2D eigenvalue weighted by atomic mass is 16.5. The molecule has 2 fully saturated rings. The number of carbonyl (C=O) groups excluding carboxylic acids is 4. The summed E-state index contributed by atoms with van der Waals surface area (Å²) in [7, 11) is 1.58. The summed E-state index contributed by atoms with van der Waals surface area (Å²) >= 11 is 0. The quantitative estimate of drug-likeness (QED) is 0.397. The molecule has 0 spiro atoms. The van der Waals surface area contributed by atoms with Crippen molar-refractivity contribution in [3.05, 3.63) is 95.6 Å². The van der Waals surface area contributed by atoms with Crippen molar-refractivity contribution >= 4 is 29.4 Å². The van der Waals surface area contributed by atoms with Gasteiger partial charge in [0.05, 0.1) is 30.7 Å². The Bertz CT molecular complexity index is 1500. The number of ether oxygens (including phenoxy) is 1. The maximum atomic E-state index is 14.1. The van der Waals surface area contributed by atoms with E-state index in [-0.39, 0.29) is 12.0 Å². The van der Waals surface area contributed by atoms with E-state index in [9.17, 15) is 19.2 Å². The monoisotopic (exact) mass is 582 g/mol. The molecule has 2 aliphatic heterocycles. The van der Waals surface area contributed by atoms with Crippen LogP contribution in [0.15, 0.2) is 78.9 Å². The van der Waals surface area contributed by atoms with Crippen LogP contribution < -0.4 is 20.3 Å². The molecule has 3 aromatic rings. The lowest BCUT2D eigenvalue weighted by Gasteiger charge is -2.33. The molecule has 0 aromatic heterocycles. The Morgan fingerprint density at radius 2 is 1.47 bits per heavy atom. The van der Waals surface area contributed by atoms with E-state index in [1.54, 1.807) is 56.5 Å². The third kappa shape index (κ3) is 5.59. The van der Waals surface area contributed by atoms with E-state index in [1.807, 2.05) is 36.4 Å². The van der Waals surface area contributed by atoms with Crippen LogP contribution in [-0.4, -0.2) is 48.3 Å². The standard InChI is InChI=1S/C34H38N4O5/c1-6-35-33(42)38-28(22-14-16-23(17-15-22)34(2,3)4)26-27(32(41)37(31(26)40)24-10-8-7-9-11-24)29(38)30(39)36-20-21-12-18-25(43-5)19-13-21/h7-19,26-29H,6,20H2,1-5H3,(H,35,42)(H,36,39). The summed E-state index contributed by atoms with van der Waals surface area (Å²) in [6, 6.07) is 21.2. The van der Waals surface area contributed by atoms with Crippen molar-refractivity contribution in [3.63, 3.8) is 0 Å². The average Bonchev–Trinajstić information content (AvgIpc) is 3.48. The fourth-order valence-corrected chi connectivity index (χ4v) is 6.10. The molecule has 4 atom stereocenters. The van der Waals surface area contributed by atoms with Crippen molar-refractivity contribution < 1.29 is 23.9 Å². The zero-order valence-corrected chi connectivity index (χ0v) is 25.2. The highest BCUT2D eigenvalue weighted by molar-refractivity contribution is 6.24. The average molecular weight is 583 g/mol. The van der Waals surface area contributed by atoms with Gasteiger partial charge in [0.25, 0.3) is 0 Å². The Morgan fingerprint density at radius 3 is 2.05 bits per heavy atom. The molecule has 43 heavy (non-hydrogen) atoms. The van der Waals surface area contributed by atoms with E-state index in [2.05, 4.69) is 31.4 Å². The minimum atomic E-state index is -1.20. The molecule has 2 heterocycles. The zero-order valence-electron chi connectivity index (χ0n) is 25.2. The Balaban J connectivity index is 1.57. The number of hydrogen-bond acceptors (Lipinski definition) is 5. The molecule has 2 N–H and O–H groups in total. The lowest BCUT2D eigenvalue weighted by Crippen LogP contribution is -2.54. The lowest BCUT2D eigenvalue weighted by atomic mass is 9.83. The van der Waals surface area contributed by atoms with Gasteiger partial charge in [-0.3, -0.25) is 14.4 Å². The van der Waals surface area contributed by atoms with Gasteiger partial charge >= 0.3 is 6.03 Å². The fraction of sp³-hybridized carbons (Fsp3) is 0.353. The minimum Gasteiger partial charge on any atom is -0.497 e. The predicted molar refractivity (Wildman–Crippen MR) is 163 cm³/mol. The molecule has 9 nitrogen and oxygen atoms in total. The lowest BCUT2D eigenvalue weighted by molar-refractivity contribution is -0.131. The minimum absolute atomic E-state index is 0.108. The maximum Gasteiger partial charge on any atom is 0.318 e. The highest BCUT2D eigenvalue weighted by Gasteiger charge is 2.65. The van der Waals surface area contributed by atoms with E-state index in [1.165, 1.54) is 9.80 Å². The summed E-state index contributed by atoms with van der Waals surface area (Å²) in [5.41, 5.74) is 2.93. The fourth-order valence-electron chi connectivity index (χ4n) is 6.10. The topological polar surface area (TPSA) is 108 Å². The van der Waals surface area contributed by atoms with E-state index >= 15 is 0 Å². The van der Waals surface area contributed by atoms with Crippen molar-refractivity contribution in [2.24, 2.45) is 11.8 Å². The number of anilines is 1. The second-order valence-corrected chi connectivity index (χ2v) is 12.0. The van der Waals surface area contributed by atoms with Crippen molar-refractivity contribution in [3.8, 4) is 5.75 Å². The molecule has 4 unspecified atom stereocenters. The number of urea groups is 1. The van der Waals surface area contributed by atoms with Gasteiger partial charge in [-0.25, -0.2) is 9.69 Å². The van der Waals surface area contributed by atoms with Crippen LogP contribution >= 0.6 is 0 Å². The Kier molecular flexibility index (Phi) is 8.26. The number of nitrogens with one attached hydrogen (secondary N) is 2. The van der Waals surface area contributed by atoms with Gasteiger partial charge in [-0.2, -0.15) is 0 Å². The molecule has 5 amide bonds. The summed E-state index contributed by atoms with van der Waals surface area (Å²) in [4.78, 5) is 58.5. The second-order valence-electron chi connectivity index (χ2n) is 12.0. The van der Waals surface area contributed by atoms with Crippen molar-refractivity contribution in [1.29, 1.82) is 0 Å². The molecule has 9 heteroatoms. The molecule has 0 saturated carbocycles. The Morgan fingerprint density at radius 1 is 0.837 bits per heavy atom. The van der Waals surface area contributed by atoms with E-state index in [4.69, 9.17) is 4.74 Å². The molecule has 0 bridgehead atoms. The molecular formula is C34H38N4O5. The molecule has 3 aromatic carbocycles. The second kappa shape index (κ2) is 11.9. The van der Waals surface area contributed by atoms with Crippen molar-refractivity contribution in [2.45, 2.75) is 51.7 Å². The largest absolute Gasteiger partial charge is 0.497 e. The number of methoxy groups -OCH3 is 1.